The van der Waals surface area contributed by atoms with Crippen molar-refractivity contribution in [3.05, 3.63) is 23.3 Å². The van der Waals surface area contributed by atoms with E-state index >= 15 is 0 Å². The Morgan fingerprint density at radius 3 is 1.82 bits per heavy atom. The average molecular weight is 234 g/mol. The molecule has 0 saturated carbocycles. The van der Waals surface area contributed by atoms with Gasteiger partial charge < -0.3 is 9.84 Å². The van der Waals surface area contributed by atoms with Crippen LogP contribution in [0.2, 0.25) is 0 Å². The Morgan fingerprint density at radius 1 is 0.882 bits per heavy atom. The van der Waals surface area contributed by atoms with E-state index in [4.69, 9.17) is 4.74 Å². The van der Waals surface area contributed by atoms with Crippen LogP contribution in [0.5, 0.6) is 11.5 Å². The fraction of sp³-hybridized carbons (Fsp3) is 0.600. The summed E-state index contributed by atoms with van der Waals surface area (Å²) < 4.78 is 5.31. The minimum atomic E-state index is 0.507. The molecule has 2 bridgehead atoms. The quantitative estimate of drug-likeness (QED) is 0.800. The van der Waals surface area contributed by atoms with Gasteiger partial charge in [-0.05, 0) is 48.9 Å². The Hall–Kier alpha value is -1.18. The molecule has 0 aromatic heterocycles. The van der Waals surface area contributed by atoms with Crippen LogP contribution in [-0.4, -0.2) is 12.2 Å². The summed E-state index contributed by atoms with van der Waals surface area (Å²) in [4.78, 5) is 0. The fourth-order valence-electron chi connectivity index (χ4n) is 2.57. The first-order valence-corrected chi connectivity index (χ1v) is 6.70. The number of phenols is 1. The Kier molecular flexibility index (Phi) is 4.29. The van der Waals surface area contributed by atoms with Gasteiger partial charge >= 0.3 is 0 Å². The highest BCUT2D eigenvalue weighted by Gasteiger charge is 2.11. The van der Waals surface area contributed by atoms with E-state index in [1.54, 1.807) is 7.11 Å². The maximum Gasteiger partial charge on any atom is 0.122 e. The van der Waals surface area contributed by atoms with Gasteiger partial charge in [-0.3, -0.25) is 0 Å². The second-order valence-electron chi connectivity index (χ2n) is 4.92. The standard InChI is InChI=1S/C15H22O2/c1-17-14-10-12-8-6-4-2-3-5-7-9-13(11-14)15(12)16/h10-11,16H,2-9H2,1H3. The normalized spacial score (nSPS) is 17.2. The molecular formula is C15H22O2. The van der Waals surface area contributed by atoms with E-state index in [1.165, 1.54) is 38.5 Å². The average Bonchev–Trinajstić information content (AvgIpc) is 2.37. The zero-order valence-electron chi connectivity index (χ0n) is 10.7. The summed E-state index contributed by atoms with van der Waals surface area (Å²) in [5, 5.41) is 10.2. The molecule has 1 aliphatic carbocycles. The lowest BCUT2D eigenvalue weighted by Crippen LogP contribution is -1.94. The third-order valence-electron chi connectivity index (χ3n) is 3.62. The molecule has 2 nitrogen and oxygen atoms in total. The van der Waals surface area contributed by atoms with Gasteiger partial charge in [0.15, 0.2) is 0 Å². The molecule has 0 aliphatic heterocycles. The van der Waals surface area contributed by atoms with Crippen LogP contribution in [0.25, 0.3) is 0 Å². The van der Waals surface area contributed by atoms with Gasteiger partial charge in [0.05, 0.1) is 7.11 Å². The highest BCUT2D eigenvalue weighted by molar-refractivity contribution is 5.46. The molecule has 0 saturated heterocycles. The van der Waals surface area contributed by atoms with E-state index in [0.717, 1.165) is 29.7 Å². The van der Waals surface area contributed by atoms with Gasteiger partial charge in [0.1, 0.15) is 11.5 Å². The van der Waals surface area contributed by atoms with E-state index in [0.29, 0.717) is 5.75 Å². The number of hydrogen-bond donors (Lipinski definition) is 1. The van der Waals surface area contributed by atoms with Crippen molar-refractivity contribution >= 4 is 0 Å². The molecule has 1 aromatic carbocycles. The number of aromatic hydroxyl groups is 1. The van der Waals surface area contributed by atoms with Gasteiger partial charge in [0.2, 0.25) is 0 Å². The number of methoxy groups -OCH3 is 1. The van der Waals surface area contributed by atoms with Crippen LogP contribution in [0, 0.1) is 0 Å². The summed E-state index contributed by atoms with van der Waals surface area (Å²) in [6.07, 6.45) is 9.46. The lowest BCUT2D eigenvalue weighted by atomic mass is 10.0. The number of hydrogen-bond acceptors (Lipinski definition) is 2. The lowest BCUT2D eigenvalue weighted by molar-refractivity contribution is 0.408. The second-order valence-corrected chi connectivity index (χ2v) is 4.92. The van der Waals surface area contributed by atoms with E-state index in [-0.39, 0.29) is 0 Å². The first-order valence-electron chi connectivity index (χ1n) is 6.70. The van der Waals surface area contributed by atoms with Crippen LogP contribution in [0.3, 0.4) is 0 Å². The van der Waals surface area contributed by atoms with Gasteiger partial charge in [-0.1, -0.05) is 25.7 Å². The summed E-state index contributed by atoms with van der Waals surface area (Å²) >= 11 is 0. The highest BCUT2D eigenvalue weighted by atomic mass is 16.5. The van der Waals surface area contributed by atoms with Crippen LogP contribution in [0.15, 0.2) is 12.1 Å². The van der Waals surface area contributed by atoms with Crippen molar-refractivity contribution in [2.24, 2.45) is 0 Å². The summed E-state index contributed by atoms with van der Waals surface area (Å²) in [6.45, 7) is 0. The van der Waals surface area contributed by atoms with Crippen molar-refractivity contribution in [3.8, 4) is 11.5 Å². The highest BCUT2D eigenvalue weighted by Crippen LogP contribution is 2.31. The van der Waals surface area contributed by atoms with E-state index in [1.807, 2.05) is 12.1 Å². The summed E-state index contributed by atoms with van der Waals surface area (Å²) in [5.41, 5.74) is 2.11. The predicted molar refractivity (Wildman–Crippen MR) is 69.8 cm³/mol. The maximum absolute atomic E-state index is 10.2. The van der Waals surface area contributed by atoms with Crippen LogP contribution >= 0.6 is 0 Å². The topological polar surface area (TPSA) is 29.5 Å². The van der Waals surface area contributed by atoms with Gasteiger partial charge in [0, 0.05) is 0 Å². The molecule has 0 heterocycles. The van der Waals surface area contributed by atoms with Gasteiger partial charge in [-0.25, -0.2) is 0 Å². The summed E-state index contributed by atoms with van der Waals surface area (Å²) in [6, 6.07) is 3.97. The van der Waals surface area contributed by atoms with Crippen molar-refractivity contribution in [2.75, 3.05) is 7.11 Å². The van der Waals surface area contributed by atoms with Crippen molar-refractivity contribution in [1.29, 1.82) is 0 Å². The van der Waals surface area contributed by atoms with Gasteiger partial charge in [0.25, 0.3) is 0 Å². The molecule has 1 aliphatic rings. The van der Waals surface area contributed by atoms with Crippen molar-refractivity contribution < 1.29 is 9.84 Å². The minimum Gasteiger partial charge on any atom is -0.507 e. The maximum atomic E-state index is 10.2. The van der Waals surface area contributed by atoms with Crippen molar-refractivity contribution in [2.45, 2.75) is 51.4 Å². The molecule has 1 aromatic rings. The third-order valence-corrected chi connectivity index (χ3v) is 3.62. The van der Waals surface area contributed by atoms with Crippen LogP contribution < -0.4 is 4.74 Å². The number of fused-ring (bicyclic) bond motifs is 2. The van der Waals surface area contributed by atoms with E-state index in [2.05, 4.69) is 0 Å². The Morgan fingerprint density at radius 2 is 1.35 bits per heavy atom. The predicted octanol–water partition coefficient (Wildman–Crippen LogP) is 3.84. The van der Waals surface area contributed by atoms with Crippen LogP contribution in [0.1, 0.15) is 49.7 Å². The molecule has 0 unspecified atom stereocenters. The SMILES string of the molecule is COc1cc2c(O)c(c1)CCCCCCCC2. The first kappa shape index (κ1) is 12.3. The third kappa shape index (κ3) is 3.15. The number of ether oxygens (including phenoxy) is 1. The first-order chi connectivity index (χ1) is 8.31. The fourth-order valence-corrected chi connectivity index (χ4v) is 2.57. The Bertz CT molecular complexity index is 340. The Balaban J connectivity index is 2.28. The molecule has 1 N–H and O–H groups in total. The lowest BCUT2D eigenvalue weighted by Gasteiger charge is -2.12. The number of benzene rings is 1. The molecule has 0 amide bonds. The summed E-state index contributed by atoms with van der Waals surface area (Å²) in [7, 11) is 1.69. The Labute approximate surface area is 104 Å². The summed E-state index contributed by atoms with van der Waals surface area (Å²) in [5.74, 6) is 1.39. The number of rotatable bonds is 1. The van der Waals surface area contributed by atoms with Crippen LogP contribution in [-0.2, 0) is 12.8 Å². The van der Waals surface area contributed by atoms with E-state index in [9.17, 15) is 5.11 Å². The molecule has 0 atom stereocenters. The molecule has 2 heteroatoms. The second kappa shape index (κ2) is 5.95. The molecule has 94 valence electrons. The molecule has 17 heavy (non-hydrogen) atoms. The monoisotopic (exact) mass is 234 g/mol. The minimum absolute atomic E-state index is 0.507. The molecule has 0 spiro atoms. The molecular weight excluding hydrogens is 212 g/mol. The van der Waals surface area contributed by atoms with Crippen LogP contribution in [0.4, 0.5) is 0 Å². The zero-order chi connectivity index (χ0) is 12.1. The molecule has 2 rings (SSSR count). The largest absolute Gasteiger partial charge is 0.507 e. The molecule has 0 fully saturated rings. The van der Waals surface area contributed by atoms with Crippen molar-refractivity contribution in [1.82, 2.24) is 0 Å². The van der Waals surface area contributed by atoms with Crippen molar-refractivity contribution in [3.63, 3.8) is 0 Å². The van der Waals surface area contributed by atoms with Gasteiger partial charge in [-0.15, -0.1) is 0 Å². The van der Waals surface area contributed by atoms with Gasteiger partial charge in [-0.2, -0.15) is 0 Å². The number of phenolic OH excluding ortho intramolecular Hbond substituents is 1. The molecule has 0 radical (unpaired) electrons. The zero-order valence-corrected chi connectivity index (χ0v) is 10.7. The number of aryl methyl sites for hydroxylation is 2. The van der Waals surface area contributed by atoms with E-state index < -0.39 is 0 Å². The smallest absolute Gasteiger partial charge is 0.122 e.